The first-order valence-corrected chi connectivity index (χ1v) is 17.9. The van der Waals surface area contributed by atoms with Crippen LogP contribution in [0.25, 0.3) is 0 Å². The van der Waals surface area contributed by atoms with E-state index in [2.05, 4.69) is 57.5 Å². The van der Waals surface area contributed by atoms with E-state index in [0.717, 1.165) is 71.4 Å². The van der Waals surface area contributed by atoms with Crippen LogP contribution in [0.4, 0.5) is 0 Å². The van der Waals surface area contributed by atoms with E-state index < -0.39 is 5.97 Å². The fourth-order valence-corrected chi connectivity index (χ4v) is 12.2. The molecule has 0 aromatic rings. The second kappa shape index (κ2) is 12.9. The number of carboxylic acid groups (broad SMARTS) is 1. The average molecular weight is 594 g/mol. The van der Waals surface area contributed by atoms with Gasteiger partial charge in [0.25, 0.3) is 0 Å². The maximum atomic E-state index is 11.1. The average Bonchev–Trinajstić information content (AvgIpc) is 3.23. The predicted molar refractivity (Wildman–Crippen MR) is 164 cm³/mol. The maximum Gasteiger partial charge on any atom is 0.303 e. The van der Waals surface area contributed by atoms with Crippen molar-refractivity contribution in [3.8, 4) is 0 Å². The Morgan fingerprint density at radius 1 is 0.921 bits per heavy atom. The number of carboxylic acids is 1. The Labute approximate surface area is 244 Å². The number of alkyl halides is 1. The Hall–Kier alpha value is -0.0500. The lowest BCUT2D eigenvalue weighted by Crippen LogP contribution is -2.54. The van der Waals surface area contributed by atoms with Crippen LogP contribution in [0.1, 0.15) is 138 Å². The summed E-state index contributed by atoms with van der Waals surface area (Å²) in [5.41, 5.74) is 1.14. The van der Waals surface area contributed by atoms with Crippen molar-refractivity contribution in [3.63, 3.8) is 0 Å². The van der Waals surface area contributed by atoms with Crippen molar-refractivity contribution < 1.29 is 9.90 Å². The molecule has 0 aromatic carbocycles. The van der Waals surface area contributed by atoms with E-state index in [-0.39, 0.29) is 0 Å². The molecule has 4 saturated carbocycles. The number of halogens is 1. The molecule has 220 valence electrons. The van der Waals surface area contributed by atoms with Gasteiger partial charge in [-0.25, -0.2) is 0 Å². The molecule has 4 aliphatic rings. The molecule has 38 heavy (non-hydrogen) atoms. The Morgan fingerprint density at radius 2 is 1.63 bits per heavy atom. The van der Waals surface area contributed by atoms with Crippen molar-refractivity contribution in [2.24, 2.45) is 70.0 Å². The third kappa shape index (κ3) is 6.09. The third-order valence-corrected chi connectivity index (χ3v) is 14.6. The highest BCUT2D eigenvalue weighted by molar-refractivity contribution is 9.09. The van der Waals surface area contributed by atoms with E-state index in [4.69, 9.17) is 5.11 Å². The predicted octanol–water partition coefficient (Wildman–Crippen LogP) is 10.6. The molecule has 0 heterocycles. The van der Waals surface area contributed by atoms with Gasteiger partial charge in [0.1, 0.15) is 0 Å². The molecule has 4 fully saturated rings. The fourth-order valence-electron chi connectivity index (χ4n) is 11.3. The maximum absolute atomic E-state index is 11.1. The number of rotatable bonds is 12. The molecule has 11 atom stereocenters. The Bertz CT molecular complexity index is 780. The summed E-state index contributed by atoms with van der Waals surface area (Å²) in [5.74, 6) is 8.19. The topological polar surface area (TPSA) is 37.3 Å². The van der Waals surface area contributed by atoms with Crippen molar-refractivity contribution in [2.45, 2.75) is 138 Å². The van der Waals surface area contributed by atoms with Gasteiger partial charge in [-0.15, -0.1) is 0 Å². The summed E-state index contributed by atoms with van der Waals surface area (Å²) in [6, 6.07) is 0. The van der Waals surface area contributed by atoms with Crippen LogP contribution >= 0.6 is 15.9 Å². The molecule has 2 nitrogen and oxygen atoms in total. The third-order valence-electron chi connectivity index (χ3n) is 13.8. The number of hydrogen-bond acceptors (Lipinski definition) is 1. The van der Waals surface area contributed by atoms with Crippen LogP contribution in [0.15, 0.2) is 0 Å². The zero-order valence-corrected chi connectivity index (χ0v) is 27.4. The quantitative estimate of drug-likeness (QED) is 0.229. The van der Waals surface area contributed by atoms with Gasteiger partial charge in [0.2, 0.25) is 0 Å². The number of hydrogen-bond donors (Lipinski definition) is 1. The summed E-state index contributed by atoms with van der Waals surface area (Å²) in [4.78, 5) is 11.1. The molecule has 4 aliphatic carbocycles. The van der Waals surface area contributed by atoms with Crippen molar-refractivity contribution in [2.75, 3.05) is 5.33 Å². The zero-order valence-electron chi connectivity index (χ0n) is 25.8. The van der Waals surface area contributed by atoms with Gasteiger partial charge in [-0.05, 0) is 147 Å². The van der Waals surface area contributed by atoms with Gasteiger partial charge in [0.05, 0.1) is 0 Å². The van der Waals surface area contributed by atoms with Gasteiger partial charge in [-0.3, -0.25) is 4.79 Å². The number of fused-ring (bicyclic) bond motifs is 5. The summed E-state index contributed by atoms with van der Waals surface area (Å²) in [6.45, 7) is 15.3. The molecule has 0 amide bonds. The smallest absolute Gasteiger partial charge is 0.303 e. The molecule has 2 unspecified atom stereocenters. The fraction of sp³-hybridized carbons (Fsp3) is 0.971. The van der Waals surface area contributed by atoms with Crippen LogP contribution in [-0.4, -0.2) is 16.4 Å². The molecule has 0 aliphatic heterocycles. The van der Waals surface area contributed by atoms with Crippen LogP contribution in [0, 0.1) is 70.0 Å². The normalized spacial score (nSPS) is 41.2. The largest absolute Gasteiger partial charge is 0.481 e. The molecule has 0 saturated heterocycles. The number of aliphatic carboxylic acids is 1. The van der Waals surface area contributed by atoms with Crippen LogP contribution in [0.3, 0.4) is 0 Å². The molecule has 0 bridgehead atoms. The van der Waals surface area contributed by atoms with E-state index >= 15 is 0 Å². The lowest BCUT2D eigenvalue weighted by Gasteiger charge is -2.62. The molecule has 3 heteroatoms. The van der Waals surface area contributed by atoms with E-state index in [1.807, 2.05) is 0 Å². The van der Waals surface area contributed by atoms with Gasteiger partial charge < -0.3 is 5.11 Å². The van der Waals surface area contributed by atoms with Crippen molar-refractivity contribution >= 4 is 21.9 Å². The Balaban J connectivity index is 1.38. The van der Waals surface area contributed by atoms with Gasteiger partial charge in [-0.2, -0.15) is 0 Å². The summed E-state index contributed by atoms with van der Waals surface area (Å²) in [7, 11) is 0. The molecule has 1 N–H and O–H groups in total. The van der Waals surface area contributed by atoms with Gasteiger partial charge in [0, 0.05) is 11.8 Å². The highest BCUT2D eigenvalue weighted by atomic mass is 79.9. The second-order valence-electron chi connectivity index (χ2n) is 15.6. The lowest BCUT2D eigenvalue weighted by atomic mass is 9.43. The van der Waals surface area contributed by atoms with Crippen LogP contribution in [-0.2, 0) is 4.79 Å². The minimum absolute atomic E-state index is 0.331. The molecule has 0 spiro atoms. The van der Waals surface area contributed by atoms with Crippen LogP contribution < -0.4 is 0 Å². The SMILES string of the molecule is CC[C@H](CC[C@@H](C)[C@H]1CC[C@H]2[C@@H]3CCC4C[C@@H](C(CBr)CCCC(=O)O)CC[C@]4(C)[C@H]3CC[C@]12C)C(C)C. The van der Waals surface area contributed by atoms with E-state index in [1.54, 1.807) is 0 Å². The van der Waals surface area contributed by atoms with Crippen molar-refractivity contribution in [1.82, 2.24) is 0 Å². The molecule has 4 rings (SSSR count). The van der Waals surface area contributed by atoms with Gasteiger partial charge in [0.15, 0.2) is 0 Å². The number of carbonyl (C=O) groups is 1. The second-order valence-corrected chi connectivity index (χ2v) is 16.2. The monoisotopic (exact) mass is 592 g/mol. The minimum atomic E-state index is -0.638. The summed E-state index contributed by atoms with van der Waals surface area (Å²) in [6.07, 6.45) is 19.6. The summed E-state index contributed by atoms with van der Waals surface area (Å²) >= 11 is 3.81. The highest BCUT2D eigenvalue weighted by Gasteiger charge is 2.60. The highest BCUT2D eigenvalue weighted by Crippen LogP contribution is 2.69. The lowest BCUT2D eigenvalue weighted by molar-refractivity contribution is -0.137. The van der Waals surface area contributed by atoms with Crippen LogP contribution in [0.5, 0.6) is 0 Å². The molecular weight excluding hydrogens is 532 g/mol. The van der Waals surface area contributed by atoms with Gasteiger partial charge >= 0.3 is 5.97 Å². The Kier molecular flexibility index (Phi) is 10.5. The standard InChI is InChI=1S/C35H61BrO2/c1-7-25(23(2)3)12-11-24(4)30-15-16-31-29-14-13-28-21-26(27(22-36)9-8-10-33(37)38)17-19-34(28,5)32(29)18-20-35(30,31)6/h23-32H,7-22H2,1-6H3,(H,37,38)/t24-,25-,26+,27?,28?,29+,30-,31+,32+,34+,35-/m1/s1. The van der Waals surface area contributed by atoms with Crippen molar-refractivity contribution in [3.05, 3.63) is 0 Å². The van der Waals surface area contributed by atoms with E-state index in [1.165, 1.54) is 77.0 Å². The van der Waals surface area contributed by atoms with Gasteiger partial charge in [-0.1, -0.05) is 70.3 Å². The first-order valence-electron chi connectivity index (χ1n) is 16.8. The Morgan fingerprint density at radius 3 is 2.29 bits per heavy atom. The first kappa shape index (κ1) is 30.9. The van der Waals surface area contributed by atoms with Crippen molar-refractivity contribution in [1.29, 1.82) is 0 Å². The molecule has 0 radical (unpaired) electrons. The zero-order chi connectivity index (χ0) is 27.7. The van der Waals surface area contributed by atoms with E-state index in [0.29, 0.717) is 23.2 Å². The summed E-state index contributed by atoms with van der Waals surface area (Å²) in [5, 5.41) is 10.1. The van der Waals surface area contributed by atoms with E-state index in [9.17, 15) is 4.79 Å². The van der Waals surface area contributed by atoms with Crippen LogP contribution in [0.2, 0.25) is 0 Å². The molecule has 0 aromatic heterocycles. The summed E-state index contributed by atoms with van der Waals surface area (Å²) < 4.78 is 0. The minimum Gasteiger partial charge on any atom is -0.481 e. The molecular formula is C35H61BrO2. The first-order chi connectivity index (χ1) is 18.0.